The number of para-hydroxylation sites is 1. The molecular weight excluding hydrogens is 364 g/mol. The largest absolute Gasteiger partial charge is 0.486 e. The monoisotopic (exact) mass is 384 g/mol. The number of hydrogen-bond acceptors (Lipinski definition) is 5. The minimum Gasteiger partial charge on any atom is -0.486 e. The van der Waals surface area contributed by atoms with E-state index in [9.17, 15) is 0 Å². The molecule has 144 valence electrons. The van der Waals surface area contributed by atoms with Gasteiger partial charge in [-0.25, -0.2) is 14.5 Å². The third-order valence-electron chi connectivity index (χ3n) is 5.19. The lowest BCUT2D eigenvalue weighted by atomic mass is 10.2. The fourth-order valence-corrected chi connectivity index (χ4v) is 3.56. The Morgan fingerprint density at radius 2 is 1.76 bits per heavy atom. The summed E-state index contributed by atoms with van der Waals surface area (Å²) < 4.78 is 9.75. The van der Waals surface area contributed by atoms with Gasteiger partial charge in [-0.05, 0) is 49.2 Å². The van der Waals surface area contributed by atoms with Gasteiger partial charge in [0.15, 0.2) is 11.5 Å². The average molecular weight is 384 g/mol. The van der Waals surface area contributed by atoms with E-state index in [1.807, 2.05) is 54.9 Å². The van der Waals surface area contributed by atoms with Crippen LogP contribution in [0.4, 0.5) is 0 Å². The molecule has 0 N–H and O–H groups in total. The molecule has 5 aromatic rings. The number of rotatable bonds is 5. The van der Waals surface area contributed by atoms with E-state index in [1.54, 1.807) is 10.8 Å². The first-order valence-corrected chi connectivity index (χ1v) is 9.47. The topological polar surface area (TPSA) is 70.1 Å². The number of benzene rings is 1. The van der Waals surface area contributed by atoms with Gasteiger partial charge in [0, 0.05) is 24.6 Å². The summed E-state index contributed by atoms with van der Waals surface area (Å²) in [5.74, 6) is 1.42. The first-order chi connectivity index (χ1) is 14.2. The van der Waals surface area contributed by atoms with Gasteiger partial charge in [0.2, 0.25) is 0 Å². The average Bonchev–Trinajstić information content (AvgIpc) is 3.28. The zero-order valence-corrected chi connectivity index (χ0v) is 16.3. The quantitative estimate of drug-likeness (QED) is 0.462. The van der Waals surface area contributed by atoms with Crippen molar-refractivity contribution in [3.05, 3.63) is 83.8 Å². The Bertz CT molecular complexity index is 1290. The third kappa shape index (κ3) is 3.10. The number of fused-ring (bicyclic) bond motifs is 3. The highest BCUT2D eigenvalue weighted by Gasteiger charge is 2.18. The zero-order valence-electron chi connectivity index (χ0n) is 16.3. The van der Waals surface area contributed by atoms with Crippen molar-refractivity contribution in [1.82, 2.24) is 29.1 Å². The zero-order chi connectivity index (χ0) is 19.8. The van der Waals surface area contributed by atoms with Crippen molar-refractivity contribution in [3.8, 4) is 5.75 Å². The molecule has 0 spiro atoms. The van der Waals surface area contributed by atoms with Gasteiger partial charge in [-0.3, -0.25) is 4.98 Å². The van der Waals surface area contributed by atoms with E-state index in [-0.39, 0.29) is 0 Å². The van der Waals surface area contributed by atoms with Crippen LogP contribution in [0.2, 0.25) is 0 Å². The maximum atomic E-state index is 5.80. The van der Waals surface area contributed by atoms with Crippen LogP contribution in [-0.4, -0.2) is 29.1 Å². The normalized spacial score (nSPS) is 11.4. The standard InChI is InChI=1S/C22H20N6O/c1-15-16(2)27(12-17-8-10-23-11-9-17)21-20(15)22-25-19(26-28(22)14-24-21)13-29-18-6-4-3-5-7-18/h3-11,14H,12-13H2,1-2H3. The van der Waals surface area contributed by atoms with Gasteiger partial charge in [0.1, 0.15) is 24.3 Å². The van der Waals surface area contributed by atoms with E-state index in [0.717, 1.165) is 34.5 Å². The van der Waals surface area contributed by atoms with Crippen LogP contribution in [0.3, 0.4) is 0 Å². The highest BCUT2D eigenvalue weighted by molar-refractivity contribution is 5.93. The van der Waals surface area contributed by atoms with E-state index in [2.05, 4.69) is 33.5 Å². The second-order valence-corrected chi connectivity index (χ2v) is 6.99. The molecule has 0 atom stereocenters. The molecule has 0 saturated heterocycles. The van der Waals surface area contributed by atoms with Gasteiger partial charge in [-0.2, -0.15) is 0 Å². The molecule has 4 heterocycles. The highest BCUT2D eigenvalue weighted by Crippen LogP contribution is 2.27. The van der Waals surface area contributed by atoms with Crippen molar-refractivity contribution in [2.24, 2.45) is 0 Å². The molecular formula is C22H20N6O. The lowest BCUT2D eigenvalue weighted by molar-refractivity contribution is 0.296. The van der Waals surface area contributed by atoms with Crippen LogP contribution in [0, 0.1) is 13.8 Å². The second-order valence-electron chi connectivity index (χ2n) is 6.99. The molecule has 0 radical (unpaired) electrons. The second kappa shape index (κ2) is 7.01. The molecule has 0 aliphatic rings. The summed E-state index contributed by atoms with van der Waals surface area (Å²) in [4.78, 5) is 13.5. The number of hydrogen-bond donors (Lipinski definition) is 0. The fourth-order valence-electron chi connectivity index (χ4n) is 3.56. The molecule has 0 amide bonds. The number of nitrogens with zero attached hydrogens (tertiary/aromatic N) is 6. The minimum absolute atomic E-state index is 0.308. The minimum atomic E-state index is 0.308. The number of aryl methyl sites for hydroxylation is 1. The Hall–Kier alpha value is -3.74. The van der Waals surface area contributed by atoms with Gasteiger partial charge in [-0.1, -0.05) is 18.2 Å². The molecule has 29 heavy (non-hydrogen) atoms. The van der Waals surface area contributed by atoms with Gasteiger partial charge >= 0.3 is 0 Å². The first-order valence-electron chi connectivity index (χ1n) is 9.47. The third-order valence-corrected chi connectivity index (χ3v) is 5.19. The van der Waals surface area contributed by atoms with E-state index in [1.165, 1.54) is 11.3 Å². The molecule has 4 aromatic heterocycles. The fraction of sp³-hybridized carbons (Fsp3) is 0.182. The van der Waals surface area contributed by atoms with Crippen molar-refractivity contribution in [3.63, 3.8) is 0 Å². The molecule has 0 saturated carbocycles. The Morgan fingerprint density at radius 3 is 2.55 bits per heavy atom. The number of aromatic nitrogens is 6. The predicted octanol–water partition coefficient (Wildman–Crippen LogP) is 3.72. The van der Waals surface area contributed by atoms with E-state index < -0.39 is 0 Å². The first kappa shape index (κ1) is 17.4. The summed E-state index contributed by atoms with van der Waals surface area (Å²) in [7, 11) is 0. The lowest BCUT2D eigenvalue weighted by Gasteiger charge is -2.07. The Balaban J connectivity index is 1.54. The van der Waals surface area contributed by atoms with Crippen LogP contribution in [0.25, 0.3) is 16.7 Å². The van der Waals surface area contributed by atoms with Crippen molar-refractivity contribution < 1.29 is 4.74 Å². The van der Waals surface area contributed by atoms with Gasteiger partial charge in [0.25, 0.3) is 0 Å². The maximum absolute atomic E-state index is 5.80. The summed E-state index contributed by atoms with van der Waals surface area (Å²) in [6.45, 7) is 5.27. The van der Waals surface area contributed by atoms with Gasteiger partial charge < -0.3 is 9.30 Å². The van der Waals surface area contributed by atoms with Crippen LogP contribution < -0.4 is 4.74 Å². The molecule has 0 bridgehead atoms. The predicted molar refractivity (Wildman–Crippen MR) is 110 cm³/mol. The van der Waals surface area contributed by atoms with Crippen molar-refractivity contribution in [2.75, 3.05) is 0 Å². The Labute approximate surface area is 167 Å². The van der Waals surface area contributed by atoms with E-state index in [4.69, 9.17) is 9.72 Å². The molecule has 0 aliphatic heterocycles. The molecule has 0 fully saturated rings. The molecule has 7 nitrogen and oxygen atoms in total. The van der Waals surface area contributed by atoms with Crippen molar-refractivity contribution in [1.29, 1.82) is 0 Å². The van der Waals surface area contributed by atoms with E-state index >= 15 is 0 Å². The number of pyridine rings is 1. The molecule has 0 aliphatic carbocycles. The van der Waals surface area contributed by atoms with Crippen molar-refractivity contribution in [2.45, 2.75) is 27.0 Å². The highest BCUT2D eigenvalue weighted by atomic mass is 16.5. The molecule has 0 unspecified atom stereocenters. The van der Waals surface area contributed by atoms with Crippen LogP contribution in [0.1, 0.15) is 22.6 Å². The molecule has 1 aromatic carbocycles. The summed E-state index contributed by atoms with van der Waals surface area (Å²) >= 11 is 0. The SMILES string of the molecule is Cc1c(C)n(Cc2ccncc2)c2ncn3nc(COc4ccccc4)nc3c12. The smallest absolute Gasteiger partial charge is 0.189 e. The summed E-state index contributed by atoms with van der Waals surface area (Å²) in [5, 5.41) is 5.57. The number of ether oxygens (including phenoxy) is 1. The van der Waals surface area contributed by atoms with Crippen LogP contribution in [-0.2, 0) is 13.2 Å². The van der Waals surface area contributed by atoms with E-state index in [0.29, 0.717) is 12.4 Å². The van der Waals surface area contributed by atoms with Crippen LogP contribution >= 0.6 is 0 Å². The van der Waals surface area contributed by atoms with Crippen LogP contribution in [0.5, 0.6) is 5.75 Å². The van der Waals surface area contributed by atoms with Crippen LogP contribution in [0.15, 0.2) is 61.2 Å². The Kier molecular flexibility index (Phi) is 4.20. The lowest BCUT2D eigenvalue weighted by Crippen LogP contribution is -2.03. The maximum Gasteiger partial charge on any atom is 0.189 e. The Morgan fingerprint density at radius 1 is 0.966 bits per heavy atom. The van der Waals surface area contributed by atoms with Crippen molar-refractivity contribution >= 4 is 16.7 Å². The molecule has 5 rings (SSSR count). The summed E-state index contributed by atoms with van der Waals surface area (Å²) in [6, 6.07) is 13.7. The molecule has 7 heteroatoms. The van der Waals surface area contributed by atoms with Gasteiger partial charge in [0.05, 0.1) is 5.39 Å². The summed E-state index contributed by atoms with van der Waals surface area (Å²) in [6.07, 6.45) is 5.34. The van der Waals surface area contributed by atoms with Gasteiger partial charge in [-0.15, -0.1) is 5.10 Å². The summed E-state index contributed by atoms with van der Waals surface area (Å²) in [5.41, 5.74) is 5.22.